The number of carbonyl (C=O) groups is 1. The summed E-state index contributed by atoms with van der Waals surface area (Å²) >= 11 is 0. The van der Waals surface area contributed by atoms with Crippen LogP contribution in [0.25, 0.3) is 0 Å². The van der Waals surface area contributed by atoms with E-state index in [1.165, 1.54) is 0 Å². The molecule has 3 rings (SSSR count). The number of rotatable bonds is 5. The highest BCUT2D eigenvalue weighted by atomic mass is 16.5. The summed E-state index contributed by atoms with van der Waals surface area (Å²) in [4.78, 5) is 19.1. The second-order valence-electron chi connectivity index (χ2n) is 5.77. The van der Waals surface area contributed by atoms with Crippen LogP contribution < -0.4 is 9.64 Å². The Balaban J connectivity index is 1.98. The van der Waals surface area contributed by atoms with E-state index >= 15 is 0 Å². The van der Waals surface area contributed by atoms with Gasteiger partial charge in [-0.2, -0.15) is 0 Å². The van der Waals surface area contributed by atoms with Gasteiger partial charge in [0.15, 0.2) is 0 Å². The van der Waals surface area contributed by atoms with Gasteiger partial charge in [0.05, 0.1) is 13.7 Å². The third kappa shape index (κ3) is 3.86. The monoisotopic (exact) mass is 332 g/mol. The second kappa shape index (κ2) is 7.62. The molecule has 0 fully saturated rings. The highest BCUT2D eigenvalue weighted by Crippen LogP contribution is 2.24. The Hall–Kier alpha value is -3.14. The number of amides is 1. The average Bonchev–Trinajstić information content (AvgIpc) is 2.67. The zero-order valence-electron chi connectivity index (χ0n) is 14.3. The Morgan fingerprint density at radius 3 is 2.44 bits per heavy atom. The van der Waals surface area contributed by atoms with Crippen LogP contribution >= 0.6 is 0 Å². The molecule has 3 aromatic rings. The molecule has 0 N–H and O–H groups in total. The molecule has 4 heteroatoms. The van der Waals surface area contributed by atoms with Crippen LogP contribution in [0.15, 0.2) is 73.1 Å². The first-order chi connectivity index (χ1) is 12.2. The minimum atomic E-state index is -0.0351. The van der Waals surface area contributed by atoms with E-state index < -0.39 is 0 Å². The van der Waals surface area contributed by atoms with Gasteiger partial charge in [-0.25, -0.2) is 0 Å². The molecule has 0 atom stereocenters. The lowest BCUT2D eigenvalue weighted by Gasteiger charge is -2.24. The van der Waals surface area contributed by atoms with Gasteiger partial charge < -0.3 is 9.64 Å². The molecule has 25 heavy (non-hydrogen) atoms. The molecule has 4 nitrogen and oxygen atoms in total. The SMILES string of the molecule is COc1ccc(N(Cc2cccnc2)C(=O)c2ccccc2C)cc1. The minimum absolute atomic E-state index is 0.0351. The Labute approximate surface area is 147 Å². The average molecular weight is 332 g/mol. The van der Waals surface area contributed by atoms with Gasteiger partial charge in [0.25, 0.3) is 5.91 Å². The highest BCUT2D eigenvalue weighted by molar-refractivity contribution is 6.06. The number of aromatic nitrogens is 1. The Kier molecular flexibility index (Phi) is 5.09. The summed E-state index contributed by atoms with van der Waals surface area (Å²) in [7, 11) is 1.63. The number of anilines is 1. The predicted molar refractivity (Wildman–Crippen MR) is 98.9 cm³/mol. The van der Waals surface area contributed by atoms with Crippen LogP contribution in [0.4, 0.5) is 5.69 Å². The topological polar surface area (TPSA) is 42.4 Å². The molecule has 2 aromatic carbocycles. The highest BCUT2D eigenvalue weighted by Gasteiger charge is 2.19. The summed E-state index contributed by atoms with van der Waals surface area (Å²) in [5.41, 5.74) is 3.44. The van der Waals surface area contributed by atoms with E-state index in [1.807, 2.05) is 67.6 Å². The maximum Gasteiger partial charge on any atom is 0.258 e. The maximum absolute atomic E-state index is 13.2. The first-order valence-corrected chi connectivity index (χ1v) is 8.09. The molecular weight excluding hydrogens is 312 g/mol. The van der Waals surface area contributed by atoms with Gasteiger partial charge in [-0.1, -0.05) is 24.3 Å². The predicted octanol–water partition coefficient (Wildman–Crippen LogP) is 4.25. The standard InChI is InChI=1S/C21H20N2O2/c1-16-6-3-4-8-20(16)21(24)23(15-17-7-5-13-22-14-17)18-9-11-19(25-2)12-10-18/h3-14H,15H2,1-2H3. The summed E-state index contributed by atoms with van der Waals surface area (Å²) in [5, 5.41) is 0. The lowest BCUT2D eigenvalue weighted by atomic mass is 10.1. The van der Waals surface area contributed by atoms with Crippen molar-refractivity contribution in [2.24, 2.45) is 0 Å². The van der Waals surface area contributed by atoms with E-state index in [2.05, 4.69) is 4.98 Å². The number of hydrogen-bond donors (Lipinski definition) is 0. The molecule has 0 spiro atoms. The van der Waals surface area contributed by atoms with E-state index in [1.54, 1.807) is 24.4 Å². The fourth-order valence-corrected chi connectivity index (χ4v) is 2.67. The van der Waals surface area contributed by atoms with Gasteiger partial charge in [-0.05, 0) is 54.4 Å². The van der Waals surface area contributed by atoms with Gasteiger partial charge >= 0.3 is 0 Å². The van der Waals surface area contributed by atoms with E-state index in [0.717, 1.165) is 22.6 Å². The number of carbonyl (C=O) groups excluding carboxylic acids is 1. The quantitative estimate of drug-likeness (QED) is 0.701. The summed E-state index contributed by atoms with van der Waals surface area (Å²) in [5.74, 6) is 0.723. The normalized spacial score (nSPS) is 10.3. The minimum Gasteiger partial charge on any atom is -0.497 e. The molecule has 0 aliphatic carbocycles. The van der Waals surface area contributed by atoms with Crippen LogP contribution in [-0.2, 0) is 6.54 Å². The molecule has 0 aliphatic rings. The first-order valence-electron chi connectivity index (χ1n) is 8.09. The van der Waals surface area contributed by atoms with E-state index in [4.69, 9.17) is 4.74 Å². The van der Waals surface area contributed by atoms with Crippen molar-refractivity contribution in [3.05, 3.63) is 89.7 Å². The zero-order chi connectivity index (χ0) is 17.6. The number of methoxy groups -OCH3 is 1. The van der Waals surface area contributed by atoms with Crippen LogP contribution in [0, 0.1) is 6.92 Å². The van der Waals surface area contributed by atoms with E-state index in [9.17, 15) is 4.79 Å². The molecule has 0 saturated heterocycles. The first kappa shape index (κ1) is 16.7. The molecule has 0 saturated carbocycles. The largest absolute Gasteiger partial charge is 0.497 e. The van der Waals surface area contributed by atoms with Gasteiger partial charge in [0.2, 0.25) is 0 Å². The van der Waals surface area contributed by atoms with Gasteiger partial charge in [-0.15, -0.1) is 0 Å². The Morgan fingerprint density at radius 2 is 1.80 bits per heavy atom. The number of benzene rings is 2. The lowest BCUT2D eigenvalue weighted by molar-refractivity contribution is 0.0984. The molecule has 1 aromatic heterocycles. The van der Waals surface area contributed by atoms with E-state index in [-0.39, 0.29) is 5.91 Å². The van der Waals surface area contributed by atoms with Crippen molar-refractivity contribution in [3.63, 3.8) is 0 Å². The summed E-state index contributed by atoms with van der Waals surface area (Å²) < 4.78 is 5.22. The molecular formula is C21H20N2O2. The van der Waals surface area contributed by atoms with Crippen molar-refractivity contribution in [1.82, 2.24) is 4.98 Å². The molecule has 0 radical (unpaired) electrons. The summed E-state index contributed by atoms with van der Waals surface area (Å²) in [6.07, 6.45) is 3.51. The van der Waals surface area contributed by atoms with Crippen molar-refractivity contribution in [3.8, 4) is 5.75 Å². The Bertz CT molecular complexity index is 845. The summed E-state index contributed by atoms with van der Waals surface area (Å²) in [6, 6.07) is 19.0. The number of ether oxygens (including phenoxy) is 1. The molecule has 1 heterocycles. The van der Waals surface area contributed by atoms with Crippen molar-refractivity contribution < 1.29 is 9.53 Å². The second-order valence-corrected chi connectivity index (χ2v) is 5.77. The van der Waals surface area contributed by atoms with Crippen LogP contribution in [-0.4, -0.2) is 18.0 Å². The van der Waals surface area contributed by atoms with Gasteiger partial charge in [-0.3, -0.25) is 9.78 Å². The molecule has 0 unspecified atom stereocenters. The Morgan fingerprint density at radius 1 is 1.04 bits per heavy atom. The zero-order valence-corrected chi connectivity index (χ0v) is 14.3. The molecule has 0 aliphatic heterocycles. The third-order valence-corrected chi connectivity index (χ3v) is 4.07. The number of pyridine rings is 1. The van der Waals surface area contributed by atoms with Crippen molar-refractivity contribution in [1.29, 1.82) is 0 Å². The van der Waals surface area contributed by atoms with Crippen molar-refractivity contribution >= 4 is 11.6 Å². The lowest BCUT2D eigenvalue weighted by Crippen LogP contribution is -2.31. The molecule has 126 valence electrons. The molecule has 1 amide bonds. The van der Waals surface area contributed by atoms with Gasteiger partial charge in [0.1, 0.15) is 5.75 Å². The third-order valence-electron chi connectivity index (χ3n) is 4.07. The number of nitrogens with zero attached hydrogens (tertiary/aromatic N) is 2. The van der Waals surface area contributed by atoms with Gasteiger partial charge in [0, 0.05) is 23.6 Å². The smallest absolute Gasteiger partial charge is 0.258 e. The molecule has 0 bridgehead atoms. The van der Waals surface area contributed by atoms with Crippen molar-refractivity contribution in [2.75, 3.05) is 12.0 Å². The number of aryl methyl sites for hydroxylation is 1. The van der Waals surface area contributed by atoms with Crippen molar-refractivity contribution in [2.45, 2.75) is 13.5 Å². The summed E-state index contributed by atoms with van der Waals surface area (Å²) in [6.45, 7) is 2.40. The van der Waals surface area contributed by atoms with Crippen LogP contribution in [0.5, 0.6) is 5.75 Å². The van der Waals surface area contributed by atoms with Crippen LogP contribution in [0.3, 0.4) is 0 Å². The van der Waals surface area contributed by atoms with Crippen LogP contribution in [0.1, 0.15) is 21.5 Å². The number of hydrogen-bond acceptors (Lipinski definition) is 3. The fourth-order valence-electron chi connectivity index (χ4n) is 2.67. The van der Waals surface area contributed by atoms with Crippen LogP contribution in [0.2, 0.25) is 0 Å². The fraction of sp³-hybridized carbons (Fsp3) is 0.143. The maximum atomic E-state index is 13.2. The van der Waals surface area contributed by atoms with E-state index in [0.29, 0.717) is 12.1 Å².